The van der Waals surface area contributed by atoms with E-state index >= 15 is 0 Å². The Bertz CT molecular complexity index is 724. The van der Waals surface area contributed by atoms with Crippen LogP contribution in [0.3, 0.4) is 0 Å². The Morgan fingerprint density at radius 1 is 1.00 bits per heavy atom. The van der Waals surface area contributed by atoms with Crippen LogP contribution >= 0.6 is 0 Å². The second kappa shape index (κ2) is 9.74. The number of rotatable bonds is 10. The molecule has 0 atom stereocenters. The minimum Gasteiger partial charge on any atom is -0.489 e. The van der Waals surface area contributed by atoms with Crippen molar-refractivity contribution in [2.24, 2.45) is 0 Å². The van der Waals surface area contributed by atoms with Gasteiger partial charge in [0.25, 0.3) is 0 Å². The smallest absolute Gasteiger partial charge is 0.121 e. The number of hydrogen-bond donors (Lipinski definition) is 3. The zero-order valence-electron chi connectivity index (χ0n) is 16.5. The third kappa shape index (κ3) is 6.86. The Morgan fingerprint density at radius 2 is 1.74 bits per heavy atom. The van der Waals surface area contributed by atoms with E-state index in [4.69, 9.17) is 4.74 Å². The van der Waals surface area contributed by atoms with Crippen molar-refractivity contribution in [2.75, 3.05) is 18.5 Å². The highest BCUT2D eigenvalue weighted by Gasteiger charge is 2.12. The molecule has 0 spiro atoms. The molecular weight excluding hydrogens is 342 g/mol. The van der Waals surface area contributed by atoms with Crippen LogP contribution in [0.4, 0.5) is 5.69 Å². The third-order valence-electron chi connectivity index (χ3n) is 4.56. The first kappa shape index (κ1) is 21.2. The molecule has 148 valence electrons. The molecule has 0 saturated carbocycles. The van der Waals surface area contributed by atoms with Gasteiger partial charge in [-0.3, -0.25) is 0 Å². The quantitative estimate of drug-likeness (QED) is 0.596. The Labute approximate surface area is 161 Å². The van der Waals surface area contributed by atoms with Gasteiger partial charge in [-0.2, -0.15) is 0 Å². The zero-order valence-corrected chi connectivity index (χ0v) is 16.5. The number of nitrogens with zero attached hydrogens (tertiary/aromatic N) is 1. The molecular formula is C22H31NO4. The second-order valence-corrected chi connectivity index (χ2v) is 7.54. The molecule has 0 aliphatic rings. The number of anilines is 1. The van der Waals surface area contributed by atoms with Crippen LogP contribution in [0.25, 0.3) is 0 Å². The van der Waals surface area contributed by atoms with Gasteiger partial charge in [-0.25, -0.2) is 0 Å². The summed E-state index contributed by atoms with van der Waals surface area (Å²) in [4.78, 5) is 2.15. The van der Waals surface area contributed by atoms with Gasteiger partial charge in [0.1, 0.15) is 12.4 Å². The van der Waals surface area contributed by atoms with Crippen LogP contribution < -0.4 is 9.64 Å². The van der Waals surface area contributed by atoms with Crippen molar-refractivity contribution in [1.82, 2.24) is 0 Å². The SMILES string of the molecule is CN(CCCC(C)(C)O)c1cccc(OCc2ccc(CO)c(CO)c2)c1. The highest BCUT2D eigenvalue weighted by atomic mass is 16.5. The summed E-state index contributed by atoms with van der Waals surface area (Å²) in [6, 6.07) is 13.5. The van der Waals surface area contributed by atoms with Crippen LogP contribution in [-0.4, -0.2) is 34.5 Å². The Balaban J connectivity index is 1.95. The first-order valence-corrected chi connectivity index (χ1v) is 9.31. The minimum absolute atomic E-state index is 0.0845. The van der Waals surface area contributed by atoms with E-state index in [1.165, 1.54) is 0 Å². The lowest BCUT2D eigenvalue weighted by atomic mass is 10.0. The molecule has 0 heterocycles. The standard InChI is InChI=1S/C22H31NO4/c1-22(2,26)10-5-11-23(3)20-6-4-7-21(13-20)27-16-17-8-9-18(14-24)19(12-17)15-25/h4,6-9,12-13,24-26H,5,10-11,14-16H2,1-3H3. The molecule has 0 bridgehead atoms. The van der Waals surface area contributed by atoms with Crippen LogP contribution in [0.2, 0.25) is 0 Å². The molecule has 27 heavy (non-hydrogen) atoms. The van der Waals surface area contributed by atoms with Crippen LogP contribution in [0, 0.1) is 0 Å². The summed E-state index contributed by atoms with van der Waals surface area (Å²) >= 11 is 0. The van der Waals surface area contributed by atoms with E-state index in [2.05, 4.69) is 4.90 Å². The van der Waals surface area contributed by atoms with E-state index in [9.17, 15) is 15.3 Å². The lowest BCUT2D eigenvalue weighted by Crippen LogP contribution is -2.23. The van der Waals surface area contributed by atoms with Crippen molar-refractivity contribution in [1.29, 1.82) is 0 Å². The minimum atomic E-state index is -0.634. The van der Waals surface area contributed by atoms with E-state index in [0.29, 0.717) is 6.61 Å². The predicted molar refractivity (Wildman–Crippen MR) is 108 cm³/mol. The maximum atomic E-state index is 9.83. The highest BCUT2D eigenvalue weighted by molar-refractivity contribution is 5.50. The van der Waals surface area contributed by atoms with Crippen molar-refractivity contribution < 1.29 is 20.1 Å². The van der Waals surface area contributed by atoms with Gasteiger partial charge in [-0.15, -0.1) is 0 Å². The van der Waals surface area contributed by atoms with E-state index in [1.54, 1.807) is 0 Å². The van der Waals surface area contributed by atoms with E-state index < -0.39 is 5.60 Å². The number of benzene rings is 2. The monoisotopic (exact) mass is 373 g/mol. The molecule has 0 fully saturated rings. The molecule has 2 rings (SSSR count). The molecule has 5 heteroatoms. The fourth-order valence-electron chi connectivity index (χ4n) is 2.93. The Kier molecular flexibility index (Phi) is 7.66. The van der Waals surface area contributed by atoms with Crippen molar-refractivity contribution in [3.8, 4) is 5.75 Å². The van der Waals surface area contributed by atoms with Crippen LogP contribution in [0.15, 0.2) is 42.5 Å². The molecule has 0 unspecified atom stereocenters. The summed E-state index contributed by atoms with van der Waals surface area (Å²) in [5.41, 5.74) is 2.83. The fraction of sp³-hybridized carbons (Fsp3) is 0.455. The molecule has 0 aromatic heterocycles. The summed E-state index contributed by atoms with van der Waals surface area (Å²) in [6.45, 7) is 4.72. The zero-order chi connectivity index (χ0) is 19.9. The van der Waals surface area contributed by atoms with Gasteiger partial charge < -0.3 is 25.0 Å². The number of ether oxygens (including phenoxy) is 1. The van der Waals surface area contributed by atoms with E-state index in [1.807, 2.05) is 63.4 Å². The van der Waals surface area contributed by atoms with Crippen LogP contribution in [0.1, 0.15) is 43.4 Å². The summed E-state index contributed by atoms with van der Waals surface area (Å²) < 4.78 is 5.90. The largest absolute Gasteiger partial charge is 0.489 e. The molecule has 0 aliphatic heterocycles. The average molecular weight is 373 g/mol. The molecule has 3 N–H and O–H groups in total. The number of aliphatic hydroxyl groups is 3. The van der Waals surface area contributed by atoms with Crippen molar-refractivity contribution >= 4 is 5.69 Å². The van der Waals surface area contributed by atoms with Gasteiger partial charge in [0.15, 0.2) is 0 Å². The van der Waals surface area contributed by atoms with Crippen molar-refractivity contribution in [3.63, 3.8) is 0 Å². The number of aliphatic hydroxyl groups excluding tert-OH is 2. The van der Waals surface area contributed by atoms with E-state index in [-0.39, 0.29) is 13.2 Å². The lowest BCUT2D eigenvalue weighted by Gasteiger charge is -2.23. The Hall–Kier alpha value is -2.08. The molecule has 5 nitrogen and oxygen atoms in total. The highest BCUT2D eigenvalue weighted by Crippen LogP contribution is 2.23. The van der Waals surface area contributed by atoms with Gasteiger partial charge >= 0.3 is 0 Å². The first-order chi connectivity index (χ1) is 12.8. The van der Waals surface area contributed by atoms with Gasteiger partial charge in [0.2, 0.25) is 0 Å². The van der Waals surface area contributed by atoms with Crippen LogP contribution in [-0.2, 0) is 19.8 Å². The molecule has 2 aromatic carbocycles. The first-order valence-electron chi connectivity index (χ1n) is 9.31. The molecule has 0 aliphatic carbocycles. The fourth-order valence-corrected chi connectivity index (χ4v) is 2.93. The average Bonchev–Trinajstić information content (AvgIpc) is 2.65. The number of hydrogen-bond acceptors (Lipinski definition) is 5. The summed E-state index contributed by atoms with van der Waals surface area (Å²) in [6.07, 6.45) is 1.66. The van der Waals surface area contributed by atoms with Gasteiger partial charge in [-0.05, 0) is 61.6 Å². The molecule has 0 radical (unpaired) electrons. The van der Waals surface area contributed by atoms with Gasteiger partial charge in [-0.1, -0.05) is 18.2 Å². The van der Waals surface area contributed by atoms with Gasteiger partial charge in [0, 0.05) is 25.3 Å². The molecule has 2 aromatic rings. The predicted octanol–water partition coefficient (Wildman–Crippen LogP) is 3.24. The van der Waals surface area contributed by atoms with Crippen LogP contribution in [0.5, 0.6) is 5.75 Å². The van der Waals surface area contributed by atoms with Gasteiger partial charge in [0.05, 0.1) is 18.8 Å². The second-order valence-electron chi connectivity index (χ2n) is 7.54. The van der Waals surface area contributed by atoms with Crippen molar-refractivity contribution in [2.45, 2.75) is 52.1 Å². The summed E-state index contributed by atoms with van der Waals surface area (Å²) in [5, 5.41) is 28.5. The third-order valence-corrected chi connectivity index (χ3v) is 4.56. The van der Waals surface area contributed by atoms with Crippen molar-refractivity contribution in [3.05, 3.63) is 59.2 Å². The topological polar surface area (TPSA) is 73.2 Å². The summed E-state index contributed by atoms with van der Waals surface area (Å²) in [5.74, 6) is 0.777. The Morgan fingerprint density at radius 3 is 2.41 bits per heavy atom. The maximum absolute atomic E-state index is 9.83. The van der Waals surface area contributed by atoms with E-state index in [0.717, 1.165) is 47.5 Å². The maximum Gasteiger partial charge on any atom is 0.121 e. The normalized spacial score (nSPS) is 11.5. The lowest BCUT2D eigenvalue weighted by molar-refractivity contribution is 0.0694. The molecule has 0 saturated heterocycles. The molecule has 0 amide bonds. The summed E-state index contributed by atoms with van der Waals surface area (Å²) in [7, 11) is 2.03.